The van der Waals surface area contributed by atoms with Crippen LogP contribution in [0.3, 0.4) is 0 Å². The van der Waals surface area contributed by atoms with E-state index in [1.807, 2.05) is 12.2 Å². The molecule has 1 aromatic rings. The summed E-state index contributed by atoms with van der Waals surface area (Å²) in [6.07, 6.45) is 11.1. The Morgan fingerprint density at radius 1 is 0.944 bits per heavy atom. The maximum atomic E-state index is 3.70. The highest BCUT2D eigenvalue weighted by Crippen LogP contribution is 2.14. The van der Waals surface area contributed by atoms with Crippen molar-refractivity contribution in [3.8, 4) is 0 Å². The summed E-state index contributed by atoms with van der Waals surface area (Å²) in [6, 6.07) is 8.55. The van der Waals surface area contributed by atoms with Crippen LogP contribution in [0.15, 0.2) is 48.4 Å². The first kappa shape index (κ1) is 15.3. The summed E-state index contributed by atoms with van der Waals surface area (Å²) in [4.78, 5) is 0. The monoisotopic (exact) mass is 322 g/mol. The average molecular weight is 323 g/mol. The van der Waals surface area contributed by atoms with Gasteiger partial charge in [-0.05, 0) is 29.4 Å². The van der Waals surface area contributed by atoms with Crippen molar-refractivity contribution in [3.05, 3.63) is 58.8 Å². The number of allylic oxidation sites excluding steroid dienone is 2. The first-order valence-corrected chi connectivity index (χ1v) is 7.75. The van der Waals surface area contributed by atoms with Gasteiger partial charge < -0.3 is 17.0 Å². The Morgan fingerprint density at radius 3 is 2.06 bits per heavy atom. The lowest BCUT2D eigenvalue weighted by molar-refractivity contribution is -0.00000335. The van der Waals surface area contributed by atoms with Crippen molar-refractivity contribution < 1.29 is 17.0 Å². The first-order chi connectivity index (χ1) is 8.38. The fourth-order valence-electron chi connectivity index (χ4n) is 1.93. The van der Waals surface area contributed by atoms with Gasteiger partial charge >= 0.3 is 0 Å². The smallest absolute Gasteiger partial charge is 0.119 e. The standard InChI is InChI=1S/C16H19S.BrH/c1-2-6-15-8-10-16(11-9-15)7-5-14-17-12-3-4-13-17;/h2,5-11,14H,1,3-4,12-13H2;1H/q+1;/p-1/b14-5+,15-6?,16-7?;. The maximum absolute atomic E-state index is 3.70. The molecule has 0 spiro atoms. The second-order valence-corrected chi connectivity index (χ2v) is 6.38. The van der Waals surface area contributed by atoms with Crippen LogP contribution in [0.5, 0.6) is 0 Å². The second-order valence-electron chi connectivity index (χ2n) is 4.22. The number of halogens is 1. The third-order valence-corrected chi connectivity index (χ3v) is 5.04. The molecule has 2 rings (SSSR count). The molecule has 1 aliphatic heterocycles. The summed E-state index contributed by atoms with van der Waals surface area (Å²) in [5.74, 6) is 2.80. The van der Waals surface area contributed by atoms with Crippen LogP contribution in [-0.4, -0.2) is 11.5 Å². The van der Waals surface area contributed by atoms with Crippen molar-refractivity contribution in [3.63, 3.8) is 0 Å². The van der Waals surface area contributed by atoms with Gasteiger partial charge in [-0.1, -0.05) is 49.1 Å². The van der Waals surface area contributed by atoms with E-state index in [0.717, 1.165) is 0 Å². The quantitative estimate of drug-likeness (QED) is 0.650. The highest BCUT2D eigenvalue weighted by Gasteiger charge is 2.20. The molecule has 1 heterocycles. The lowest BCUT2D eigenvalue weighted by Crippen LogP contribution is -3.00. The van der Waals surface area contributed by atoms with Crippen molar-refractivity contribution in [1.29, 1.82) is 0 Å². The van der Waals surface area contributed by atoms with Crippen LogP contribution in [0.1, 0.15) is 12.8 Å². The van der Waals surface area contributed by atoms with E-state index in [2.05, 4.69) is 48.4 Å². The Morgan fingerprint density at radius 2 is 1.50 bits per heavy atom. The summed E-state index contributed by atoms with van der Waals surface area (Å²) in [5, 5.41) is 4.86. The molecule has 0 bridgehead atoms. The summed E-state index contributed by atoms with van der Waals surface area (Å²) in [5.41, 5.74) is 0. The largest absolute Gasteiger partial charge is 1.00 e. The number of rotatable bonds is 3. The Balaban J connectivity index is 0.00000162. The van der Waals surface area contributed by atoms with Gasteiger partial charge in [-0.15, -0.1) is 0 Å². The molecule has 96 valence electrons. The van der Waals surface area contributed by atoms with Gasteiger partial charge in [-0.2, -0.15) is 0 Å². The molecular formula is C16H19BrS. The first-order valence-electron chi connectivity index (χ1n) is 6.12. The summed E-state index contributed by atoms with van der Waals surface area (Å²) >= 11 is 0. The third-order valence-electron chi connectivity index (χ3n) is 2.87. The Bertz CT molecular complexity index is 487. The van der Waals surface area contributed by atoms with Crippen LogP contribution in [0, 0.1) is 0 Å². The fraction of sp³-hybridized carbons (Fsp3) is 0.250. The van der Waals surface area contributed by atoms with Crippen molar-refractivity contribution >= 4 is 23.0 Å². The Kier molecular flexibility index (Phi) is 7.14. The lowest BCUT2D eigenvalue weighted by Gasteiger charge is -1.88. The van der Waals surface area contributed by atoms with Gasteiger partial charge in [0.05, 0.1) is 0 Å². The predicted octanol–water partition coefficient (Wildman–Crippen LogP) is -0.637. The average Bonchev–Trinajstić information content (AvgIpc) is 2.85. The van der Waals surface area contributed by atoms with Crippen molar-refractivity contribution in [2.45, 2.75) is 12.8 Å². The summed E-state index contributed by atoms with van der Waals surface area (Å²) in [6.45, 7) is 3.70. The maximum Gasteiger partial charge on any atom is 0.119 e. The van der Waals surface area contributed by atoms with Gasteiger partial charge in [0.2, 0.25) is 0 Å². The molecule has 2 heteroatoms. The SMILES string of the molecule is C=CC=c1ccc(=C/C=C/[S+]2CCCC2)cc1.[Br-]. The predicted molar refractivity (Wildman–Crippen MR) is 80.3 cm³/mol. The van der Waals surface area contributed by atoms with Gasteiger partial charge in [0.15, 0.2) is 0 Å². The molecule has 1 fully saturated rings. The zero-order valence-corrected chi connectivity index (χ0v) is 12.9. The molecular weight excluding hydrogens is 304 g/mol. The normalized spacial score (nSPS) is 15.3. The lowest BCUT2D eigenvalue weighted by atomic mass is 10.2. The van der Waals surface area contributed by atoms with Crippen molar-refractivity contribution in [1.82, 2.24) is 0 Å². The molecule has 1 aliphatic rings. The molecule has 0 amide bonds. The second kappa shape index (κ2) is 8.39. The van der Waals surface area contributed by atoms with Crippen LogP contribution in [0.25, 0.3) is 12.2 Å². The van der Waals surface area contributed by atoms with E-state index in [4.69, 9.17) is 0 Å². The van der Waals surface area contributed by atoms with Gasteiger partial charge in [0.1, 0.15) is 16.9 Å². The van der Waals surface area contributed by atoms with Gasteiger partial charge in [-0.25, -0.2) is 0 Å². The molecule has 0 aliphatic carbocycles. The fourth-order valence-corrected chi connectivity index (χ4v) is 3.86. The van der Waals surface area contributed by atoms with Crippen LogP contribution in [0.4, 0.5) is 0 Å². The third kappa shape index (κ3) is 4.87. The van der Waals surface area contributed by atoms with Crippen LogP contribution >= 0.6 is 0 Å². The highest BCUT2D eigenvalue weighted by atomic mass is 79.9. The van der Waals surface area contributed by atoms with Gasteiger partial charge in [0.25, 0.3) is 0 Å². The topological polar surface area (TPSA) is 0 Å². The van der Waals surface area contributed by atoms with Crippen LogP contribution < -0.4 is 27.4 Å². The van der Waals surface area contributed by atoms with E-state index in [-0.39, 0.29) is 17.0 Å². The summed E-state index contributed by atoms with van der Waals surface area (Å²) in [7, 11) is 0.560. The van der Waals surface area contributed by atoms with Gasteiger partial charge in [-0.3, -0.25) is 0 Å². The van der Waals surface area contributed by atoms with E-state index in [1.165, 1.54) is 34.8 Å². The molecule has 0 atom stereocenters. The molecule has 0 N–H and O–H groups in total. The zero-order chi connectivity index (χ0) is 11.9. The molecule has 1 aromatic carbocycles. The molecule has 0 aromatic heterocycles. The van der Waals surface area contributed by atoms with E-state index in [0.29, 0.717) is 10.9 Å². The minimum absolute atomic E-state index is 0. The molecule has 0 saturated carbocycles. The molecule has 0 radical (unpaired) electrons. The van der Waals surface area contributed by atoms with Crippen molar-refractivity contribution in [2.24, 2.45) is 0 Å². The van der Waals surface area contributed by atoms with Crippen LogP contribution in [-0.2, 0) is 10.9 Å². The number of hydrogen-bond acceptors (Lipinski definition) is 0. The molecule has 1 saturated heterocycles. The molecule has 0 unspecified atom stereocenters. The van der Waals surface area contributed by atoms with Gasteiger partial charge in [0, 0.05) is 10.9 Å². The highest BCUT2D eigenvalue weighted by molar-refractivity contribution is 7.99. The zero-order valence-electron chi connectivity index (χ0n) is 10.5. The van der Waals surface area contributed by atoms with E-state index < -0.39 is 0 Å². The minimum atomic E-state index is 0. The van der Waals surface area contributed by atoms with E-state index >= 15 is 0 Å². The number of hydrogen-bond donors (Lipinski definition) is 0. The van der Waals surface area contributed by atoms with Crippen molar-refractivity contribution in [2.75, 3.05) is 11.5 Å². The number of benzene rings is 1. The van der Waals surface area contributed by atoms with E-state index in [9.17, 15) is 0 Å². The van der Waals surface area contributed by atoms with Crippen LogP contribution in [0.2, 0.25) is 0 Å². The molecule has 18 heavy (non-hydrogen) atoms. The van der Waals surface area contributed by atoms with E-state index in [1.54, 1.807) is 0 Å². The Hall–Kier alpha value is -0.730. The minimum Gasteiger partial charge on any atom is -1.00 e. The Labute approximate surface area is 123 Å². The molecule has 0 nitrogen and oxygen atoms in total. The summed E-state index contributed by atoms with van der Waals surface area (Å²) < 4.78 is 0.